The molecule has 1 heterocycles. The average molecular weight is 398 g/mol. The molecule has 0 spiro atoms. The molecule has 7 nitrogen and oxygen atoms in total. The predicted octanol–water partition coefficient (Wildman–Crippen LogP) is 4.65. The van der Waals surface area contributed by atoms with Crippen LogP contribution in [0.2, 0.25) is 0 Å². The summed E-state index contributed by atoms with van der Waals surface area (Å²) < 4.78 is 10.7. The van der Waals surface area contributed by atoms with Gasteiger partial charge in [0.05, 0.1) is 17.6 Å². The summed E-state index contributed by atoms with van der Waals surface area (Å²) in [6, 6.07) is 10.2. The fraction of sp³-hybridized carbons (Fsp3) is 0.409. The molecule has 3 rings (SSSR count). The van der Waals surface area contributed by atoms with Crippen LogP contribution in [0.15, 0.2) is 36.4 Å². The maximum atomic E-state index is 12.5. The Morgan fingerprint density at radius 1 is 1.10 bits per heavy atom. The first kappa shape index (κ1) is 20.6. The van der Waals surface area contributed by atoms with Crippen LogP contribution in [0.5, 0.6) is 5.75 Å². The monoisotopic (exact) mass is 398 g/mol. The zero-order chi connectivity index (χ0) is 20.8. The van der Waals surface area contributed by atoms with Crippen molar-refractivity contribution in [2.45, 2.75) is 39.2 Å². The molecule has 29 heavy (non-hydrogen) atoms. The van der Waals surface area contributed by atoms with Gasteiger partial charge in [-0.25, -0.2) is 4.79 Å². The molecule has 0 saturated carbocycles. The lowest BCUT2D eigenvalue weighted by Crippen LogP contribution is -2.24. The second kappa shape index (κ2) is 9.41. The van der Waals surface area contributed by atoms with Gasteiger partial charge in [0.2, 0.25) is 0 Å². The Balaban J connectivity index is 1.78. The van der Waals surface area contributed by atoms with E-state index in [1.807, 2.05) is 30.0 Å². The first-order chi connectivity index (χ1) is 14.0. The van der Waals surface area contributed by atoms with E-state index in [2.05, 4.69) is 0 Å². The fourth-order valence-corrected chi connectivity index (χ4v) is 3.62. The first-order valence-electron chi connectivity index (χ1n) is 9.83. The van der Waals surface area contributed by atoms with Crippen LogP contribution < -0.4 is 9.64 Å². The maximum Gasteiger partial charge on any atom is 0.338 e. The number of esters is 1. The summed E-state index contributed by atoms with van der Waals surface area (Å²) in [5.41, 5.74) is 2.44. The summed E-state index contributed by atoms with van der Waals surface area (Å²) in [4.78, 5) is 25.8. The third kappa shape index (κ3) is 5.04. The van der Waals surface area contributed by atoms with Crippen molar-refractivity contribution in [3.05, 3.63) is 63.2 Å². The normalized spacial score (nSPS) is 14.2. The van der Waals surface area contributed by atoms with Gasteiger partial charge in [0, 0.05) is 24.7 Å². The second-order valence-corrected chi connectivity index (χ2v) is 7.25. The van der Waals surface area contributed by atoms with E-state index >= 15 is 0 Å². The zero-order valence-corrected chi connectivity index (χ0v) is 16.8. The number of carbonyl (C=O) groups excluding carboxylic acids is 1. The highest BCUT2D eigenvalue weighted by Gasteiger charge is 2.23. The summed E-state index contributed by atoms with van der Waals surface area (Å²) in [6.45, 7) is 3.55. The molecule has 2 aromatic carbocycles. The Kier molecular flexibility index (Phi) is 6.69. The summed E-state index contributed by atoms with van der Waals surface area (Å²) in [5, 5.41) is 11.6. The Bertz CT molecular complexity index is 889. The van der Waals surface area contributed by atoms with Crippen LogP contribution in [-0.2, 0) is 11.3 Å². The maximum absolute atomic E-state index is 12.5. The van der Waals surface area contributed by atoms with Gasteiger partial charge >= 0.3 is 5.97 Å². The Hall–Kier alpha value is -3.09. The standard InChI is InChI=1S/C22H26N2O5/c1-16-7-10-21(28-2)18(13-16)15-29-22(25)17-8-9-19(20(14-17)24(26)27)23-11-5-3-4-6-12-23/h7-10,13-14H,3-6,11-12,15H2,1-2H3. The lowest BCUT2D eigenvalue weighted by molar-refractivity contribution is -0.384. The van der Waals surface area contributed by atoms with Crippen LogP contribution >= 0.6 is 0 Å². The number of nitro benzene ring substituents is 1. The number of methoxy groups -OCH3 is 1. The van der Waals surface area contributed by atoms with E-state index in [0.29, 0.717) is 11.4 Å². The van der Waals surface area contributed by atoms with Gasteiger partial charge in [0.15, 0.2) is 0 Å². The molecule has 1 aliphatic heterocycles. The number of benzene rings is 2. The van der Waals surface area contributed by atoms with E-state index in [-0.39, 0.29) is 17.9 Å². The highest BCUT2D eigenvalue weighted by Crippen LogP contribution is 2.31. The SMILES string of the molecule is COc1ccc(C)cc1COC(=O)c1ccc(N2CCCCCC2)c([N+](=O)[O-])c1. The topological polar surface area (TPSA) is 81.9 Å². The molecule has 0 radical (unpaired) electrons. The van der Waals surface area contributed by atoms with Gasteiger partial charge < -0.3 is 14.4 Å². The largest absolute Gasteiger partial charge is 0.496 e. The molecule has 0 amide bonds. The smallest absolute Gasteiger partial charge is 0.338 e. The minimum Gasteiger partial charge on any atom is -0.496 e. The Morgan fingerprint density at radius 3 is 2.48 bits per heavy atom. The van der Waals surface area contributed by atoms with Crippen molar-refractivity contribution in [2.24, 2.45) is 0 Å². The molecule has 0 N–H and O–H groups in total. The third-order valence-corrected chi connectivity index (χ3v) is 5.15. The summed E-state index contributed by atoms with van der Waals surface area (Å²) in [5.74, 6) is 0.0324. The molecule has 0 unspecified atom stereocenters. The van der Waals surface area contributed by atoms with E-state index in [0.717, 1.165) is 49.9 Å². The third-order valence-electron chi connectivity index (χ3n) is 5.15. The minimum absolute atomic E-state index is 0.0331. The zero-order valence-electron chi connectivity index (χ0n) is 16.8. The molecule has 1 fully saturated rings. The van der Waals surface area contributed by atoms with Crippen molar-refractivity contribution in [1.82, 2.24) is 0 Å². The number of hydrogen-bond donors (Lipinski definition) is 0. The molecule has 1 aliphatic rings. The summed E-state index contributed by atoms with van der Waals surface area (Å²) >= 11 is 0. The van der Waals surface area contributed by atoms with Crippen LogP contribution in [0.3, 0.4) is 0 Å². The minimum atomic E-state index is -0.598. The molecule has 0 aromatic heterocycles. The highest BCUT2D eigenvalue weighted by molar-refractivity contribution is 5.91. The van der Waals surface area contributed by atoms with Crippen LogP contribution in [-0.4, -0.2) is 31.1 Å². The molecular formula is C22H26N2O5. The predicted molar refractivity (Wildman–Crippen MR) is 111 cm³/mol. The Morgan fingerprint density at radius 2 is 1.83 bits per heavy atom. The number of ether oxygens (including phenoxy) is 2. The van der Waals surface area contributed by atoms with Gasteiger partial charge in [-0.1, -0.05) is 24.5 Å². The van der Waals surface area contributed by atoms with Crippen molar-refractivity contribution in [3.8, 4) is 5.75 Å². The molecule has 0 atom stereocenters. The molecule has 154 valence electrons. The number of nitrogens with zero attached hydrogens (tertiary/aromatic N) is 2. The first-order valence-corrected chi connectivity index (χ1v) is 9.83. The number of anilines is 1. The van der Waals surface area contributed by atoms with Crippen molar-refractivity contribution >= 4 is 17.3 Å². The van der Waals surface area contributed by atoms with E-state index < -0.39 is 10.9 Å². The number of aryl methyl sites for hydroxylation is 1. The lowest BCUT2D eigenvalue weighted by atomic mass is 10.1. The van der Waals surface area contributed by atoms with Gasteiger partial charge in [-0.15, -0.1) is 0 Å². The van der Waals surface area contributed by atoms with Crippen molar-refractivity contribution in [3.63, 3.8) is 0 Å². The van der Waals surface area contributed by atoms with E-state index in [1.165, 1.54) is 6.07 Å². The summed E-state index contributed by atoms with van der Waals surface area (Å²) in [6.07, 6.45) is 4.30. The molecule has 0 bridgehead atoms. The van der Waals surface area contributed by atoms with Crippen LogP contribution in [0, 0.1) is 17.0 Å². The number of nitro groups is 1. The lowest BCUT2D eigenvalue weighted by Gasteiger charge is -2.22. The molecule has 1 saturated heterocycles. The van der Waals surface area contributed by atoms with Gasteiger partial charge in [-0.3, -0.25) is 10.1 Å². The van der Waals surface area contributed by atoms with Gasteiger partial charge in [-0.05, 0) is 44.0 Å². The van der Waals surface area contributed by atoms with Crippen LogP contribution in [0.4, 0.5) is 11.4 Å². The average Bonchev–Trinajstić information content (AvgIpc) is 3.01. The van der Waals surface area contributed by atoms with Gasteiger partial charge in [0.25, 0.3) is 5.69 Å². The van der Waals surface area contributed by atoms with Gasteiger partial charge in [0.1, 0.15) is 18.0 Å². The van der Waals surface area contributed by atoms with Crippen LogP contribution in [0.1, 0.15) is 47.2 Å². The fourth-order valence-electron chi connectivity index (χ4n) is 3.62. The van der Waals surface area contributed by atoms with Gasteiger partial charge in [-0.2, -0.15) is 0 Å². The van der Waals surface area contributed by atoms with Crippen LogP contribution in [0.25, 0.3) is 0 Å². The number of hydrogen-bond acceptors (Lipinski definition) is 6. The van der Waals surface area contributed by atoms with Crippen molar-refractivity contribution in [2.75, 3.05) is 25.1 Å². The van der Waals surface area contributed by atoms with E-state index in [4.69, 9.17) is 9.47 Å². The van der Waals surface area contributed by atoms with Crippen molar-refractivity contribution < 1.29 is 19.2 Å². The van der Waals surface area contributed by atoms with Crippen molar-refractivity contribution in [1.29, 1.82) is 0 Å². The second-order valence-electron chi connectivity index (χ2n) is 7.25. The number of carbonyl (C=O) groups is 1. The molecule has 0 aliphatic carbocycles. The molecule has 7 heteroatoms. The van der Waals surface area contributed by atoms with E-state index in [9.17, 15) is 14.9 Å². The molecule has 2 aromatic rings. The quantitative estimate of drug-likeness (QED) is 0.400. The Labute approximate surface area is 170 Å². The van der Waals surface area contributed by atoms with E-state index in [1.54, 1.807) is 19.2 Å². The highest BCUT2D eigenvalue weighted by atomic mass is 16.6. The number of rotatable bonds is 6. The summed E-state index contributed by atoms with van der Waals surface area (Å²) in [7, 11) is 1.56. The molecular weight excluding hydrogens is 372 g/mol.